The molecule has 0 aliphatic carbocycles. The Hall–Kier alpha value is -0.640. The first-order valence-corrected chi connectivity index (χ1v) is 4.82. The van der Waals surface area contributed by atoms with Crippen molar-refractivity contribution in [2.24, 2.45) is 9.98 Å². The molecule has 6 heteroatoms. The van der Waals surface area contributed by atoms with Gasteiger partial charge in [-0.2, -0.15) is 0 Å². The number of hydrogen-bond acceptors (Lipinski definition) is 2. The third kappa shape index (κ3) is 3.25. The SMILES string of the molecule is Cc1ncc(Cl)cc1N=C(Cl)N=CCl. The molecule has 0 N–H and O–H groups in total. The van der Waals surface area contributed by atoms with Gasteiger partial charge in [-0.25, -0.2) is 9.98 Å². The van der Waals surface area contributed by atoms with Crippen LogP contribution in [0.1, 0.15) is 5.69 Å². The highest BCUT2D eigenvalue weighted by atomic mass is 35.5. The Morgan fingerprint density at radius 2 is 2.29 bits per heavy atom. The van der Waals surface area contributed by atoms with E-state index in [1.54, 1.807) is 13.0 Å². The maximum atomic E-state index is 5.74. The average molecular weight is 251 g/mol. The van der Waals surface area contributed by atoms with Gasteiger partial charge in [0.1, 0.15) is 0 Å². The van der Waals surface area contributed by atoms with Gasteiger partial charge in [-0.3, -0.25) is 4.98 Å². The Kier molecular flexibility index (Phi) is 4.32. The number of aromatic nitrogens is 1. The lowest BCUT2D eigenvalue weighted by molar-refractivity contribution is 1.19. The molecule has 0 amide bonds. The van der Waals surface area contributed by atoms with Gasteiger partial charge in [0.25, 0.3) is 0 Å². The molecule has 1 aromatic rings. The average Bonchev–Trinajstić information content (AvgIpc) is 2.12. The maximum absolute atomic E-state index is 5.74. The molecule has 0 aliphatic heterocycles. The number of pyridine rings is 1. The number of aliphatic imine (C=N–C) groups is 2. The van der Waals surface area contributed by atoms with E-state index in [9.17, 15) is 0 Å². The van der Waals surface area contributed by atoms with E-state index >= 15 is 0 Å². The summed E-state index contributed by atoms with van der Waals surface area (Å²) in [6.07, 6.45) is 1.54. The minimum absolute atomic E-state index is 0.0344. The second-order valence-corrected chi connectivity index (χ2v) is 3.34. The highest BCUT2D eigenvalue weighted by Crippen LogP contribution is 2.21. The fourth-order valence-electron chi connectivity index (χ4n) is 0.779. The second-order valence-electron chi connectivity index (χ2n) is 2.37. The van der Waals surface area contributed by atoms with Crippen LogP contribution >= 0.6 is 34.8 Å². The van der Waals surface area contributed by atoms with Crippen molar-refractivity contribution in [2.75, 3.05) is 0 Å². The fourth-order valence-corrected chi connectivity index (χ4v) is 1.21. The monoisotopic (exact) mass is 249 g/mol. The molecule has 0 aromatic carbocycles. The van der Waals surface area contributed by atoms with Crippen LogP contribution in [-0.2, 0) is 0 Å². The Morgan fingerprint density at radius 1 is 1.57 bits per heavy atom. The van der Waals surface area contributed by atoms with Gasteiger partial charge in [0.2, 0.25) is 5.29 Å². The van der Waals surface area contributed by atoms with Crippen molar-refractivity contribution in [3.05, 3.63) is 23.0 Å². The predicted octanol–water partition coefficient (Wildman–Crippen LogP) is 3.54. The van der Waals surface area contributed by atoms with E-state index in [1.807, 2.05) is 0 Å². The Balaban J connectivity index is 3.07. The quantitative estimate of drug-likeness (QED) is 0.427. The van der Waals surface area contributed by atoms with Crippen LogP contribution in [0.25, 0.3) is 0 Å². The lowest BCUT2D eigenvalue weighted by Gasteiger charge is -1.98. The summed E-state index contributed by atoms with van der Waals surface area (Å²) in [5.74, 6) is 0. The van der Waals surface area contributed by atoms with Crippen LogP contribution in [0, 0.1) is 6.92 Å². The van der Waals surface area contributed by atoms with E-state index in [-0.39, 0.29) is 5.29 Å². The molecule has 0 saturated heterocycles. The number of aryl methyl sites for hydroxylation is 1. The van der Waals surface area contributed by atoms with Crippen LogP contribution in [0.5, 0.6) is 0 Å². The van der Waals surface area contributed by atoms with Crippen LogP contribution < -0.4 is 0 Å². The number of hydrogen-bond donors (Lipinski definition) is 0. The zero-order valence-electron chi connectivity index (χ0n) is 7.21. The molecule has 1 rings (SSSR count). The number of rotatable bonds is 1. The minimum Gasteiger partial charge on any atom is -0.258 e. The van der Waals surface area contributed by atoms with Gasteiger partial charge in [-0.05, 0) is 24.6 Å². The lowest BCUT2D eigenvalue weighted by Crippen LogP contribution is -1.84. The Bertz CT molecular complexity index is 387. The van der Waals surface area contributed by atoms with Crippen molar-refractivity contribution in [1.29, 1.82) is 0 Å². The van der Waals surface area contributed by atoms with Crippen LogP contribution in [-0.4, -0.2) is 16.0 Å². The van der Waals surface area contributed by atoms with Crippen molar-refractivity contribution in [2.45, 2.75) is 6.92 Å². The van der Waals surface area contributed by atoms with Crippen LogP contribution in [0.3, 0.4) is 0 Å². The minimum atomic E-state index is 0.0344. The summed E-state index contributed by atoms with van der Waals surface area (Å²) in [6, 6.07) is 1.65. The van der Waals surface area contributed by atoms with E-state index < -0.39 is 0 Å². The van der Waals surface area contributed by atoms with E-state index in [1.165, 1.54) is 6.20 Å². The summed E-state index contributed by atoms with van der Waals surface area (Å²) >= 11 is 16.6. The summed E-state index contributed by atoms with van der Waals surface area (Å²) in [5, 5.41) is 0.529. The zero-order chi connectivity index (χ0) is 10.6. The third-order valence-corrected chi connectivity index (χ3v) is 1.88. The van der Waals surface area contributed by atoms with Crippen molar-refractivity contribution >= 4 is 51.5 Å². The number of halogens is 3. The largest absolute Gasteiger partial charge is 0.258 e. The molecule has 3 nitrogen and oxygen atoms in total. The fraction of sp³-hybridized carbons (Fsp3) is 0.125. The second kappa shape index (κ2) is 5.29. The molecule has 74 valence electrons. The van der Waals surface area contributed by atoms with Gasteiger partial charge in [-0.15, -0.1) is 0 Å². The van der Waals surface area contributed by atoms with Crippen LogP contribution in [0.15, 0.2) is 22.2 Å². The molecular weight excluding hydrogens is 244 g/mol. The van der Waals surface area contributed by atoms with Gasteiger partial charge in [-0.1, -0.05) is 23.2 Å². The van der Waals surface area contributed by atoms with Gasteiger partial charge in [0.05, 0.1) is 22.1 Å². The maximum Gasteiger partial charge on any atom is 0.223 e. The van der Waals surface area contributed by atoms with Gasteiger partial charge in [0, 0.05) is 6.20 Å². The first kappa shape index (κ1) is 11.4. The third-order valence-electron chi connectivity index (χ3n) is 1.39. The number of amidine groups is 1. The van der Waals surface area contributed by atoms with Crippen molar-refractivity contribution < 1.29 is 0 Å². The van der Waals surface area contributed by atoms with Gasteiger partial charge in [0.15, 0.2) is 0 Å². The smallest absolute Gasteiger partial charge is 0.223 e. The number of nitrogens with zero attached hydrogens (tertiary/aromatic N) is 3. The summed E-state index contributed by atoms with van der Waals surface area (Å²) in [4.78, 5) is 11.5. The molecule has 0 fully saturated rings. The molecule has 0 spiro atoms. The molecule has 0 unspecified atom stereocenters. The van der Waals surface area contributed by atoms with E-state index in [0.717, 1.165) is 11.4 Å². The normalized spacial score (nSPS) is 12.4. The Labute approximate surface area is 96.4 Å². The van der Waals surface area contributed by atoms with E-state index in [2.05, 4.69) is 15.0 Å². The summed E-state index contributed by atoms with van der Waals surface area (Å²) in [7, 11) is 0. The highest BCUT2D eigenvalue weighted by Gasteiger charge is 2.00. The van der Waals surface area contributed by atoms with Crippen LogP contribution in [0.2, 0.25) is 5.02 Å². The molecule has 1 heterocycles. The summed E-state index contributed by atoms with van der Waals surface area (Å²) in [6.45, 7) is 1.80. The lowest BCUT2D eigenvalue weighted by atomic mass is 10.3. The molecule has 0 radical (unpaired) electrons. The Morgan fingerprint density at radius 3 is 2.93 bits per heavy atom. The van der Waals surface area contributed by atoms with E-state index in [0.29, 0.717) is 10.7 Å². The molecule has 0 bridgehead atoms. The molecule has 1 aromatic heterocycles. The van der Waals surface area contributed by atoms with Crippen LogP contribution in [0.4, 0.5) is 5.69 Å². The molecule has 0 aliphatic rings. The van der Waals surface area contributed by atoms with Crippen molar-refractivity contribution in [3.63, 3.8) is 0 Å². The highest BCUT2D eigenvalue weighted by molar-refractivity contribution is 6.68. The van der Waals surface area contributed by atoms with Gasteiger partial charge >= 0.3 is 0 Å². The molecule has 0 saturated carbocycles. The zero-order valence-corrected chi connectivity index (χ0v) is 9.48. The summed E-state index contributed by atoms with van der Waals surface area (Å²) < 4.78 is 0. The first-order valence-electron chi connectivity index (χ1n) is 3.62. The van der Waals surface area contributed by atoms with Crippen molar-refractivity contribution in [3.8, 4) is 0 Å². The molecule has 14 heavy (non-hydrogen) atoms. The molecule has 0 atom stereocenters. The van der Waals surface area contributed by atoms with Gasteiger partial charge < -0.3 is 0 Å². The van der Waals surface area contributed by atoms with E-state index in [4.69, 9.17) is 34.8 Å². The first-order chi connectivity index (χ1) is 6.63. The standard InChI is InChI=1S/C8H6Cl3N3/c1-5-7(2-6(10)3-12-5)14-8(11)13-4-9/h2-4H,1H3. The topological polar surface area (TPSA) is 37.6 Å². The van der Waals surface area contributed by atoms with Crippen molar-refractivity contribution in [1.82, 2.24) is 4.98 Å². The molecular formula is C8H6Cl3N3. The summed E-state index contributed by atoms with van der Waals surface area (Å²) in [5.41, 5.74) is 2.33. The predicted molar refractivity (Wildman–Crippen MR) is 61.3 cm³/mol.